The molecule has 21 heavy (non-hydrogen) atoms. The first kappa shape index (κ1) is 15.1. The molecule has 0 saturated heterocycles. The van der Waals surface area contributed by atoms with Crippen molar-refractivity contribution in [2.75, 3.05) is 7.11 Å². The van der Waals surface area contributed by atoms with E-state index in [4.69, 9.17) is 8.92 Å². The van der Waals surface area contributed by atoms with Gasteiger partial charge in [-0.05, 0) is 36.3 Å². The van der Waals surface area contributed by atoms with E-state index in [0.29, 0.717) is 5.75 Å². The van der Waals surface area contributed by atoms with Crippen molar-refractivity contribution in [2.45, 2.75) is 6.92 Å². The minimum atomic E-state index is -3.84. The Balaban J connectivity index is 2.20. The Morgan fingerprint density at radius 1 is 1.00 bits per heavy atom. The molecule has 110 valence electrons. The van der Waals surface area contributed by atoms with E-state index in [1.807, 2.05) is 25.1 Å². The summed E-state index contributed by atoms with van der Waals surface area (Å²) >= 11 is 0. The van der Waals surface area contributed by atoms with E-state index in [2.05, 4.69) is 0 Å². The molecule has 2 aromatic rings. The maximum Gasteiger partial charge on any atom is 0.332 e. The maximum atomic E-state index is 12.0. The van der Waals surface area contributed by atoms with E-state index < -0.39 is 10.1 Å². The molecule has 0 N–H and O–H groups in total. The normalized spacial score (nSPS) is 11.5. The molecule has 0 aromatic heterocycles. The zero-order chi connectivity index (χ0) is 15.3. The molecule has 2 aromatic carbocycles. The first-order valence-corrected chi connectivity index (χ1v) is 7.79. The first-order valence-electron chi connectivity index (χ1n) is 6.32. The largest absolute Gasteiger partial charge is 0.493 e. The fourth-order valence-corrected chi connectivity index (χ4v) is 2.49. The summed E-state index contributed by atoms with van der Waals surface area (Å²) in [5.41, 5.74) is 1.73. The standard InChI is InChI=1S/C16H16O4S/c1-13-8-9-15(16(12-13)19-2)20-21(17,18)11-10-14-6-4-3-5-7-14/h3-12H,1-2H3/b11-10+. The summed E-state index contributed by atoms with van der Waals surface area (Å²) in [5, 5.41) is 1.03. The minimum absolute atomic E-state index is 0.167. The molecule has 0 heterocycles. The molecule has 0 spiro atoms. The van der Waals surface area contributed by atoms with E-state index in [0.717, 1.165) is 16.5 Å². The van der Waals surface area contributed by atoms with Crippen LogP contribution in [0.15, 0.2) is 53.9 Å². The van der Waals surface area contributed by atoms with Crippen LogP contribution in [0, 0.1) is 6.92 Å². The van der Waals surface area contributed by atoms with Gasteiger partial charge in [0, 0.05) is 0 Å². The highest BCUT2D eigenvalue weighted by atomic mass is 32.2. The van der Waals surface area contributed by atoms with Gasteiger partial charge in [0.1, 0.15) is 0 Å². The molecule has 0 radical (unpaired) electrons. The third kappa shape index (κ3) is 4.36. The second kappa shape index (κ2) is 6.45. The van der Waals surface area contributed by atoms with Crippen LogP contribution < -0.4 is 8.92 Å². The molecule has 0 atom stereocenters. The molecular weight excluding hydrogens is 288 g/mol. The maximum absolute atomic E-state index is 12.0. The Hall–Kier alpha value is -2.27. The third-order valence-corrected chi connectivity index (χ3v) is 3.63. The van der Waals surface area contributed by atoms with Crippen molar-refractivity contribution in [2.24, 2.45) is 0 Å². The molecule has 0 amide bonds. The van der Waals surface area contributed by atoms with Crippen molar-refractivity contribution in [1.82, 2.24) is 0 Å². The van der Waals surface area contributed by atoms with Gasteiger partial charge in [0.05, 0.1) is 12.5 Å². The number of ether oxygens (including phenoxy) is 1. The fourth-order valence-electron chi connectivity index (χ4n) is 1.72. The van der Waals surface area contributed by atoms with Crippen LogP contribution in [0.25, 0.3) is 6.08 Å². The van der Waals surface area contributed by atoms with Crippen LogP contribution in [-0.4, -0.2) is 15.5 Å². The predicted octanol–water partition coefficient (Wildman–Crippen LogP) is 3.38. The number of methoxy groups -OCH3 is 1. The van der Waals surface area contributed by atoms with Gasteiger partial charge in [-0.2, -0.15) is 8.42 Å². The van der Waals surface area contributed by atoms with Gasteiger partial charge in [-0.25, -0.2) is 0 Å². The van der Waals surface area contributed by atoms with Crippen molar-refractivity contribution < 1.29 is 17.3 Å². The topological polar surface area (TPSA) is 52.6 Å². The Kier molecular flexibility index (Phi) is 4.65. The van der Waals surface area contributed by atoms with E-state index in [1.54, 1.807) is 30.3 Å². The van der Waals surface area contributed by atoms with Gasteiger partial charge >= 0.3 is 10.1 Å². The Morgan fingerprint density at radius 3 is 2.38 bits per heavy atom. The SMILES string of the molecule is COc1cc(C)ccc1OS(=O)(=O)/C=C/c1ccccc1. The lowest BCUT2D eigenvalue weighted by molar-refractivity contribution is 0.391. The second-order valence-electron chi connectivity index (χ2n) is 4.44. The van der Waals surface area contributed by atoms with Gasteiger partial charge in [-0.3, -0.25) is 0 Å². The number of aryl methyl sites for hydroxylation is 1. The minimum Gasteiger partial charge on any atom is -0.493 e. The highest BCUT2D eigenvalue weighted by Crippen LogP contribution is 2.29. The van der Waals surface area contributed by atoms with Gasteiger partial charge in [0.15, 0.2) is 11.5 Å². The molecule has 5 heteroatoms. The molecule has 0 aliphatic heterocycles. The summed E-state index contributed by atoms with van der Waals surface area (Å²) in [6, 6.07) is 14.2. The van der Waals surface area contributed by atoms with Crippen molar-refractivity contribution in [3.63, 3.8) is 0 Å². The van der Waals surface area contributed by atoms with Crippen molar-refractivity contribution in [3.8, 4) is 11.5 Å². The smallest absolute Gasteiger partial charge is 0.332 e. The van der Waals surface area contributed by atoms with Crippen LogP contribution in [0.5, 0.6) is 11.5 Å². The second-order valence-corrected chi connectivity index (χ2v) is 5.87. The zero-order valence-electron chi connectivity index (χ0n) is 11.8. The van der Waals surface area contributed by atoms with E-state index in [9.17, 15) is 8.42 Å². The summed E-state index contributed by atoms with van der Waals surface area (Å²) < 4.78 is 34.1. The molecule has 0 unspecified atom stereocenters. The Labute approximate surface area is 124 Å². The average Bonchev–Trinajstić information content (AvgIpc) is 2.48. The molecule has 0 saturated carbocycles. The van der Waals surface area contributed by atoms with Crippen molar-refractivity contribution in [1.29, 1.82) is 0 Å². The molecule has 4 nitrogen and oxygen atoms in total. The first-order chi connectivity index (χ1) is 10.00. The van der Waals surface area contributed by atoms with Crippen LogP contribution in [0.2, 0.25) is 0 Å². The Bertz CT molecular complexity index is 734. The van der Waals surface area contributed by atoms with Crippen LogP contribution in [-0.2, 0) is 10.1 Å². The molecule has 2 rings (SSSR count). The quantitative estimate of drug-likeness (QED) is 0.795. The summed E-state index contributed by atoms with van der Waals surface area (Å²) in [5.74, 6) is 0.549. The molecule has 0 aliphatic carbocycles. The monoisotopic (exact) mass is 304 g/mol. The molecule has 0 bridgehead atoms. The van der Waals surface area contributed by atoms with Crippen molar-refractivity contribution in [3.05, 3.63) is 65.1 Å². The lowest BCUT2D eigenvalue weighted by Gasteiger charge is -2.09. The van der Waals surface area contributed by atoms with Crippen LogP contribution in [0.1, 0.15) is 11.1 Å². The number of rotatable bonds is 5. The predicted molar refractivity (Wildman–Crippen MR) is 82.8 cm³/mol. The number of hydrogen-bond acceptors (Lipinski definition) is 4. The fraction of sp³-hybridized carbons (Fsp3) is 0.125. The summed E-state index contributed by atoms with van der Waals surface area (Å²) in [6.45, 7) is 1.89. The zero-order valence-corrected chi connectivity index (χ0v) is 12.6. The Morgan fingerprint density at radius 2 is 1.71 bits per heavy atom. The average molecular weight is 304 g/mol. The lowest BCUT2D eigenvalue weighted by Crippen LogP contribution is -2.06. The molecule has 0 fully saturated rings. The third-order valence-electron chi connectivity index (χ3n) is 2.75. The summed E-state index contributed by atoms with van der Waals surface area (Å²) in [7, 11) is -2.37. The lowest BCUT2D eigenvalue weighted by atomic mass is 10.2. The molecule has 0 aliphatic rings. The van der Waals surface area contributed by atoms with Gasteiger partial charge in [-0.15, -0.1) is 0 Å². The van der Waals surface area contributed by atoms with Gasteiger partial charge in [0.2, 0.25) is 0 Å². The number of hydrogen-bond donors (Lipinski definition) is 0. The highest BCUT2D eigenvalue weighted by molar-refractivity contribution is 7.90. The summed E-state index contributed by atoms with van der Waals surface area (Å²) in [6.07, 6.45) is 1.48. The van der Waals surface area contributed by atoms with E-state index in [1.165, 1.54) is 13.2 Å². The van der Waals surface area contributed by atoms with Crippen LogP contribution >= 0.6 is 0 Å². The van der Waals surface area contributed by atoms with E-state index >= 15 is 0 Å². The highest BCUT2D eigenvalue weighted by Gasteiger charge is 2.12. The van der Waals surface area contributed by atoms with Crippen LogP contribution in [0.4, 0.5) is 0 Å². The van der Waals surface area contributed by atoms with Crippen LogP contribution in [0.3, 0.4) is 0 Å². The van der Waals surface area contributed by atoms with Gasteiger partial charge < -0.3 is 8.92 Å². The number of benzene rings is 2. The van der Waals surface area contributed by atoms with Crippen molar-refractivity contribution >= 4 is 16.2 Å². The van der Waals surface area contributed by atoms with Gasteiger partial charge in [-0.1, -0.05) is 36.4 Å². The summed E-state index contributed by atoms with van der Waals surface area (Å²) in [4.78, 5) is 0. The molecular formula is C16H16O4S. The van der Waals surface area contributed by atoms with E-state index in [-0.39, 0.29) is 5.75 Å². The van der Waals surface area contributed by atoms with Gasteiger partial charge in [0.25, 0.3) is 0 Å².